The van der Waals surface area contributed by atoms with Crippen LogP contribution in [0.1, 0.15) is 25.5 Å². The number of carbonyl (C=O) groups excluding carboxylic acids is 2. The highest BCUT2D eigenvalue weighted by atomic mass is 16.5. The van der Waals surface area contributed by atoms with Gasteiger partial charge in [-0.1, -0.05) is 0 Å². The fraction of sp³-hybridized carbons (Fsp3) is 0.375. The van der Waals surface area contributed by atoms with E-state index in [1.807, 2.05) is 0 Å². The molecular formula is C16H20N2O5. The van der Waals surface area contributed by atoms with Crippen molar-refractivity contribution >= 4 is 12.0 Å². The molecule has 0 aromatic heterocycles. The van der Waals surface area contributed by atoms with Crippen LogP contribution in [0.5, 0.6) is 11.5 Å². The third kappa shape index (κ3) is 3.39. The summed E-state index contributed by atoms with van der Waals surface area (Å²) in [4.78, 5) is 23.9. The Labute approximate surface area is 134 Å². The summed E-state index contributed by atoms with van der Waals surface area (Å²) >= 11 is 0. The van der Waals surface area contributed by atoms with Gasteiger partial charge in [-0.25, -0.2) is 9.59 Å². The predicted molar refractivity (Wildman–Crippen MR) is 83.3 cm³/mol. The van der Waals surface area contributed by atoms with Crippen LogP contribution in [0.2, 0.25) is 0 Å². The largest absolute Gasteiger partial charge is 0.497 e. The smallest absolute Gasteiger partial charge is 0.354 e. The van der Waals surface area contributed by atoms with Gasteiger partial charge in [0.2, 0.25) is 0 Å². The summed E-state index contributed by atoms with van der Waals surface area (Å²) in [5, 5.41) is 5.29. The van der Waals surface area contributed by atoms with Crippen LogP contribution < -0.4 is 20.1 Å². The van der Waals surface area contributed by atoms with Gasteiger partial charge in [0.15, 0.2) is 0 Å². The second-order valence-electron chi connectivity index (χ2n) is 4.92. The minimum absolute atomic E-state index is 0.151. The van der Waals surface area contributed by atoms with Crippen LogP contribution in [0.25, 0.3) is 0 Å². The fourth-order valence-electron chi connectivity index (χ4n) is 2.42. The summed E-state index contributed by atoms with van der Waals surface area (Å²) in [5.74, 6) is 0.634. The number of amides is 2. The summed E-state index contributed by atoms with van der Waals surface area (Å²) in [6.45, 7) is 3.70. The molecule has 0 aliphatic carbocycles. The van der Waals surface area contributed by atoms with E-state index in [0.29, 0.717) is 17.1 Å². The first-order valence-corrected chi connectivity index (χ1v) is 7.19. The third-order valence-electron chi connectivity index (χ3n) is 3.57. The molecule has 0 bridgehead atoms. The van der Waals surface area contributed by atoms with Crippen molar-refractivity contribution < 1.29 is 23.8 Å². The molecule has 1 aliphatic rings. The predicted octanol–water partition coefficient (Wildman–Crippen LogP) is 1.89. The Morgan fingerprint density at radius 1 is 1.26 bits per heavy atom. The summed E-state index contributed by atoms with van der Waals surface area (Å²) < 4.78 is 15.5. The van der Waals surface area contributed by atoms with Crippen molar-refractivity contribution in [2.45, 2.75) is 19.9 Å². The van der Waals surface area contributed by atoms with Crippen molar-refractivity contribution in [1.29, 1.82) is 0 Å². The summed E-state index contributed by atoms with van der Waals surface area (Å²) in [6, 6.07) is 4.32. The third-order valence-corrected chi connectivity index (χ3v) is 3.57. The quantitative estimate of drug-likeness (QED) is 0.809. The molecule has 2 amide bonds. The summed E-state index contributed by atoms with van der Waals surface area (Å²) in [6.07, 6.45) is 0. The topological polar surface area (TPSA) is 85.9 Å². The van der Waals surface area contributed by atoms with Crippen LogP contribution >= 0.6 is 0 Å². The molecule has 23 heavy (non-hydrogen) atoms. The molecule has 7 nitrogen and oxygen atoms in total. The molecule has 0 fully saturated rings. The van der Waals surface area contributed by atoms with E-state index in [2.05, 4.69) is 10.6 Å². The van der Waals surface area contributed by atoms with E-state index < -0.39 is 18.0 Å². The van der Waals surface area contributed by atoms with Gasteiger partial charge in [-0.3, -0.25) is 0 Å². The summed E-state index contributed by atoms with van der Waals surface area (Å²) in [7, 11) is 3.09. The Balaban J connectivity index is 2.47. The monoisotopic (exact) mass is 320 g/mol. The van der Waals surface area contributed by atoms with E-state index in [1.54, 1.807) is 39.2 Å². The molecule has 0 saturated heterocycles. The lowest BCUT2D eigenvalue weighted by molar-refractivity contribution is -0.139. The number of carbonyl (C=O) groups is 2. The van der Waals surface area contributed by atoms with Crippen molar-refractivity contribution in [2.75, 3.05) is 20.8 Å². The van der Waals surface area contributed by atoms with Crippen molar-refractivity contribution in [3.05, 3.63) is 35.0 Å². The van der Waals surface area contributed by atoms with Crippen LogP contribution in [0.3, 0.4) is 0 Å². The molecule has 0 saturated carbocycles. The highest BCUT2D eigenvalue weighted by Gasteiger charge is 2.31. The molecule has 2 rings (SSSR count). The van der Waals surface area contributed by atoms with Gasteiger partial charge in [0.05, 0.1) is 26.9 Å². The molecule has 2 N–H and O–H groups in total. The van der Waals surface area contributed by atoms with Crippen LogP contribution in [0.4, 0.5) is 4.79 Å². The van der Waals surface area contributed by atoms with E-state index in [1.165, 1.54) is 7.11 Å². The zero-order valence-corrected chi connectivity index (χ0v) is 13.6. The van der Waals surface area contributed by atoms with Crippen LogP contribution in [0.15, 0.2) is 29.5 Å². The Morgan fingerprint density at radius 3 is 2.61 bits per heavy atom. The van der Waals surface area contributed by atoms with Gasteiger partial charge in [0, 0.05) is 11.6 Å². The zero-order chi connectivity index (χ0) is 17.0. The molecule has 1 heterocycles. The Bertz CT molecular complexity index is 654. The lowest BCUT2D eigenvalue weighted by atomic mass is 9.95. The second-order valence-corrected chi connectivity index (χ2v) is 4.92. The van der Waals surface area contributed by atoms with Gasteiger partial charge in [-0.2, -0.15) is 0 Å². The molecular weight excluding hydrogens is 300 g/mol. The van der Waals surface area contributed by atoms with Gasteiger partial charge in [-0.05, 0) is 31.6 Å². The van der Waals surface area contributed by atoms with Gasteiger partial charge < -0.3 is 24.8 Å². The van der Waals surface area contributed by atoms with Crippen molar-refractivity contribution in [3.63, 3.8) is 0 Å². The molecule has 124 valence electrons. The molecule has 1 aliphatic heterocycles. The Kier molecular flexibility index (Phi) is 5.10. The number of ether oxygens (including phenoxy) is 3. The van der Waals surface area contributed by atoms with Gasteiger partial charge in [0.1, 0.15) is 17.2 Å². The average Bonchev–Trinajstić information content (AvgIpc) is 2.56. The fourth-order valence-corrected chi connectivity index (χ4v) is 2.42. The number of hydrogen-bond donors (Lipinski definition) is 2. The number of benzene rings is 1. The lowest BCUT2D eigenvalue weighted by Crippen LogP contribution is -2.45. The van der Waals surface area contributed by atoms with Crippen molar-refractivity contribution in [1.82, 2.24) is 10.6 Å². The van der Waals surface area contributed by atoms with Crippen molar-refractivity contribution in [3.8, 4) is 11.5 Å². The molecule has 0 unspecified atom stereocenters. The first kappa shape index (κ1) is 16.7. The molecule has 0 radical (unpaired) electrons. The number of nitrogens with one attached hydrogen (secondary N) is 2. The average molecular weight is 320 g/mol. The van der Waals surface area contributed by atoms with Gasteiger partial charge >= 0.3 is 12.0 Å². The molecule has 0 spiro atoms. The highest BCUT2D eigenvalue weighted by molar-refractivity contribution is 5.96. The van der Waals surface area contributed by atoms with Crippen LogP contribution in [0, 0.1) is 0 Å². The molecule has 1 aromatic rings. The Hall–Kier alpha value is -2.70. The number of esters is 1. The van der Waals surface area contributed by atoms with Gasteiger partial charge in [0.25, 0.3) is 0 Å². The normalized spacial score (nSPS) is 17.2. The number of rotatable bonds is 5. The maximum absolute atomic E-state index is 12.0. The molecule has 1 atom stereocenters. The van der Waals surface area contributed by atoms with E-state index in [0.717, 1.165) is 5.56 Å². The minimum atomic E-state index is -0.558. The van der Waals surface area contributed by atoms with E-state index in [4.69, 9.17) is 14.2 Å². The first-order chi connectivity index (χ1) is 11.0. The van der Waals surface area contributed by atoms with Crippen molar-refractivity contribution in [2.24, 2.45) is 0 Å². The number of hydrogen-bond acceptors (Lipinski definition) is 5. The minimum Gasteiger partial charge on any atom is -0.497 e. The second kappa shape index (κ2) is 7.04. The van der Waals surface area contributed by atoms with Crippen LogP contribution in [-0.4, -0.2) is 32.8 Å². The highest BCUT2D eigenvalue weighted by Crippen LogP contribution is 2.35. The maximum atomic E-state index is 12.0. The summed E-state index contributed by atoms with van der Waals surface area (Å²) in [5.41, 5.74) is 1.52. The SMILES string of the molecule is CCOC(=O)C1=C(C)[C@@H](c2ccc(OC)cc2OC)NC(=O)N1. The van der Waals surface area contributed by atoms with Crippen LogP contribution in [-0.2, 0) is 9.53 Å². The lowest BCUT2D eigenvalue weighted by Gasteiger charge is -2.28. The van der Waals surface area contributed by atoms with E-state index in [9.17, 15) is 9.59 Å². The zero-order valence-electron chi connectivity index (χ0n) is 13.6. The standard InChI is InChI=1S/C16H20N2O5/c1-5-23-15(19)14-9(2)13(17-16(20)18-14)11-7-6-10(21-3)8-12(11)22-4/h6-8,13H,5H2,1-4H3,(H2,17,18,20)/t13-/m0/s1. The maximum Gasteiger partial charge on any atom is 0.354 e. The number of urea groups is 1. The number of methoxy groups -OCH3 is 2. The van der Waals surface area contributed by atoms with E-state index >= 15 is 0 Å². The first-order valence-electron chi connectivity index (χ1n) is 7.19. The Morgan fingerprint density at radius 2 is 2.00 bits per heavy atom. The molecule has 7 heteroatoms. The van der Waals surface area contributed by atoms with E-state index in [-0.39, 0.29) is 12.3 Å². The van der Waals surface area contributed by atoms with Gasteiger partial charge in [-0.15, -0.1) is 0 Å². The molecule has 1 aromatic carbocycles.